The fourth-order valence-corrected chi connectivity index (χ4v) is 2.50. The van der Waals surface area contributed by atoms with Gasteiger partial charge in [0.15, 0.2) is 0 Å². The highest BCUT2D eigenvalue weighted by atomic mass is 19.1. The van der Waals surface area contributed by atoms with Crippen molar-refractivity contribution in [3.05, 3.63) is 29.1 Å². The Morgan fingerprint density at radius 3 is 2.76 bits per heavy atom. The van der Waals surface area contributed by atoms with Crippen molar-refractivity contribution in [1.29, 1.82) is 0 Å². The monoisotopic (exact) mass is 237 g/mol. The van der Waals surface area contributed by atoms with Gasteiger partial charge < -0.3 is 10.1 Å². The van der Waals surface area contributed by atoms with E-state index in [9.17, 15) is 4.39 Å². The third kappa shape index (κ3) is 2.16. The first-order chi connectivity index (χ1) is 8.19. The summed E-state index contributed by atoms with van der Waals surface area (Å²) in [6.07, 6.45) is 2.05. The minimum atomic E-state index is -0.157. The van der Waals surface area contributed by atoms with Crippen LogP contribution in [-0.4, -0.2) is 12.6 Å². The van der Waals surface area contributed by atoms with Crippen molar-refractivity contribution >= 4 is 0 Å². The normalized spacial score (nSPS) is 22.4. The van der Waals surface area contributed by atoms with Gasteiger partial charge in [0.1, 0.15) is 17.7 Å². The molecule has 0 radical (unpaired) electrons. The number of hydrogen-bond acceptors (Lipinski definition) is 2. The molecule has 1 aliphatic heterocycles. The number of hydrogen-bond donors (Lipinski definition) is 1. The van der Waals surface area contributed by atoms with Gasteiger partial charge in [0, 0.05) is 0 Å². The maximum Gasteiger partial charge on any atom is 0.131 e. The van der Waals surface area contributed by atoms with E-state index in [-0.39, 0.29) is 18.0 Å². The molecule has 2 atom stereocenters. The third-order valence-corrected chi connectivity index (χ3v) is 3.29. The zero-order chi connectivity index (χ0) is 12.4. The van der Waals surface area contributed by atoms with Gasteiger partial charge in [-0.05, 0) is 31.5 Å². The van der Waals surface area contributed by atoms with Crippen molar-refractivity contribution in [2.45, 2.75) is 45.8 Å². The Morgan fingerprint density at radius 2 is 2.12 bits per heavy atom. The van der Waals surface area contributed by atoms with Crippen LogP contribution >= 0.6 is 0 Å². The molecule has 0 amide bonds. The Labute approximate surface area is 102 Å². The number of rotatable bonds is 4. The first-order valence-corrected chi connectivity index (χ1v) is 6.38. The molecule has 0 fully saturated rings. The van der Waals surface area contributed by atoms with Crippen LogP contribution in [0.1, 0.15) is 43.9 Å². The highest BCUT2D eigenvalue weighted by molar-refractivity contribution is 5.47. The SMILES string of the molecule is CCCC1Oc2c(C)ccc(F)c2C1NCC. The van der Waals surface area contributed by atoms with E-state index in [0.717, 1.165) is 30.7 Å². The van der Waals surface area contributed by atoms with E-state index in [0.29, 0.717) is 5.56 Å². The van der Waals surface area contributed by atoms with Crippen LogP contribution in [-0.2, 0) is 0 Å². The highest BCUT2D eigenvalue weighted by Crippen LogP contribution is 2.42. The molecule has 2 rings (SSSR count). The van der Waals surface area contributed by atoms with Crippen LogP contribution in [0.3, 0.4) is 0 Å². The van der Waals surface area contributed by atoms with Crippen LogP contribution in [0.4, 0.5) is 4.39 Å². The largest absolute Gasteiger partial charge is 0.488 e. The topological polar surface area (TPSA) is 21.3 Å². The minimum Gasteiger partial charge on any atom is -0.488 e. The second-order valence-corrected chi connectivity index (χ2v) is 4.59. The van der Waals surface area contributed by atoms with Crippen molar-refractivity contribution in [2.75, 3.05) is 6.54 Å². The first-order valence-electron chi connectivity index (χ1n) is 6.38. The standard InChI is InChI=1S/C14H20FNO/c1-4-6-11-13(16-5-2)12-10(15)8-7-9(3)14(12)17-11/h7-8,11,13,16H,4-6H2,1-3H3. The number of fused-ring (bicyclic) bond motifs is 1. The van der Waals surface area contributed by atoms with Crippen molar-refractivity contribution in [3.63, 3.8) is 0 Å². The summed E-state index contributed by atoms with van der Waals surface area (Å²) in [6.45, 7) is 6.95. The van der Waals surface area contributed by atoms with Gasteiger partial charge >= 0.3 is 0 Å². The molecule has 1 aliphatic rings. The Balaban J connectivity index is 2.39. The predicted molar refractivity (Wildman–Crippen MR) is 66.9 cm³/mol. The maximum atomic E-state index is 13.9. The molecular formula is C14H20FNO. The van der Waals surface area contributed by atoms with Gasteiger partial charge in [-0.25, -0.2) is 4.39 Å². The molecule has 0 saturated heterocycles. The van der Waals surface area contributed by atoms with E-state index in [4.69, 9.17) is 4.74 Å². The Bertz CT molecular complexity index is 405. The zero-order valence-electron chi connectivity index (χ0n) is 10.7. The van der Waals surface area contributed by atoms with Crippen LogP contribution in [0.25, 0.3) is 0 Å². The summed E-state index contributed by atoms with van der Waals surface area (Å²) in [4.78, 5) is 0. The van der Waals surface area contributed by atoms with E-state index < -0.39 is 0 Å². The summed E-state index contributed by atoms with van der Waals surface area (Å²) < 4.78 is 19.9. The molecule has 1 N–H and O–H groups in total. The van der Waals surface area contributed by atoms with E-state index in [1.165, 1.54) is 6.07 Å². The van der Waals surface area contributed by atoms with E-state index in [1.54, 1.807) is 6.07 Å². The lowest BCUT2D eigenvalue weighted by molar-refractivity contribution is 0.178. The van der Waals surface area contributed by atoms with Gasteiger partial charge in [0.2, 0.25) is 0 Å². The highest BCUT2D eigenvalue weighted by Gasteiger charge is 2.36. The Morgan fingerprint density at radius 1 is 1.35 bits per heavy atom. The summed E-state index contributed by atoms with van der Waals surface area (Å²) >= 11 is 0. The van der Waals surface area contributed by atoms with Crippen LogP contribution < -0.4 is 10.1 Å². The average molecular weight is 237 g/mol. The fourth-order valence-electron chi connectivity index (χ4n) is 2.50. The average Bonchev–Trinajstić information content (AvgIpc) is 2.66. The molecule has 0 aromatic heterocycles. The molecule has 2 nitrogen and oxygen atoms in total. The Kier molecular flexibility index (Phi) is 3.67. The lowest BCUT2D eigenvalue weighted by atomic mass is 9.98. The number of halogens is 1. The van der Waals surface area contributed by atoms with Gasteiger partial charge in [-0.1, -0.05) is 26.3 Å². The molecule has 0 saturated carbocycles. The fraction of sp³-hybridized carbons (Fsp3) is 0.571. The minimum absolute atomic E-state index is 0.00477. The van der Waals surface area contributed by atoms with Crippen molar-refractivity contribution in [2.24, 2.45) is 0 Å². The van der Waals surface area contributed by atoms with Gasteiger partial charge in [-0.3, -0.25) is 0 Å². The van der Waals surface area contributed by atoms with Crippen LogP contribution in [0.5, 0.6) is 5.75 Å². The second-order valence-electron chi connectivity index (χ2n) is 4.59. The third-order valence-electron chi connectivity index (χ3n) is 3.29. The van der Waals surface area contributed by atoms with Crippen molar-refractivity contribution < 1.29 is 9.13 Å². The number of likely N-dealkylation sites (N-methyl/N-ethyl adjacent to an activating group) is 1. The summed E-state index contributed by atoms with van der Waals surface area (Å²) in [5.41, 5.74) is 1.73. The van der Waals surface area contributed by atoms with Crippen molar-refractivity contribution in [3.8, 4) is 5.75 Å². The lowest BCUT2D eigenvalue weighted by Crippen LogP contribution is -2.31. The molecule has 1 aromatic carbocycles. The van der Waals surface area contributed by atoms with Crippen molar-refractivity contribution in [1.82, 2.24) is 5.32 Å². The summed E-state index contributed by atoms with van der Waals surface area (Å²) in [6, 6.07) is 3.32. The molecule has 3 heteroatoms. The van der Waals surface area contributed by atoms with E-state index >= 15 is 0 Å². The lowest BCUT2D eigenvalue weighted by Gasteiger charge is -2.19. The van der Waals surface area contributed by atoms with Gasteiger partial charge in [0.05, 0.1) is 11.6 Å². The molecule has 2 unspecified atom stereocenters. The van der Waals surface area contributed by atoms with Gasteiger partial charge in [-0.2, -0.15) is 0 Å². The van der Waals surface area contributed by atoms with E-state index in [1.807, 2.05) is 13.8 Å². The smallest absolute Gasteiger partial charge is 0.131 e. The van der Waals surface area contributed by atoms with Crippen LogP contribution in [0.15, 0.2) is 12.1 Å². The summed E-state index contributed by atoms with van der Waals surface area (Å²) in [7, 11) is 0. The molecule has 94 valence electrons. The molecular weight excluding hydrogens is 217 g/mol. The molecule has 1 aromatic rings. The number of ether oxygens (including phenoxy) is 1. The van der Waals surface area contributed by atoms with Gasteiger partial charge in [0.25, 0.3) is 0 Å². The van der Waals surface area contributed by atoms with Crippen LogP contribution in [0, 0.1) is 12.7 Å². The summed E-state index contributed by atoms with van der Waals surface area (Å²) in [5, 5.41) is 3.34. The number of benzene rings is 1. The number of aryl methyl sites for hydroxylation is 1. The van der Waals surface area contributed by atoms with Gasteiger partial charge in [-0.15, -0.1) is 0 Å². The maximum absolute atomic E-state index is 13.9. The molecule has 17 heavy (non-hydrogen) atoms. The number of nitrogens with one attached hydrogen (secondary N) is 1. The van der Waals surface area contributed by atoms with E-state index in [2.05, 4.69) is 12.2 Å². The second kappa shape index (κ2) is 5.05. The molecule has 1 heterocycles. The molecule has 0 bridgehead atoms. The first kappa shape index (κ1) is 12.4. The van der Waals surface area contributed by atoms with Crippen LogP contribution in [0.2, 0.25) is 0 Å². The molecule has 0 aliphatic carbocycles. The summed E-state index contributed by atoms with van der Waals surface area (Å²) in [5.74, 6) is 0.588. The Hall–Kier alpha value is -1.09. The predicted octanol–water partition coefficient (Wildman–Crippen LogP) is 3.35. The molecule has 0 spiro atoms. The zero-order valence-corrected chi connectivity index (χ0v) is 10.7. The quantitative estimate of drug-likeness (QED) is 0.867.